The van der Waals surface area contributed by atoms with Gasteiger partial charge in [-0.05, 0) is 50.6 Å². The van der Waals surface area contributed by atoms with Gasteiger partial charge in [0, 0.05) is 23.8 Å². The summed E-state index contributed by atoms with van der Waals surface area (Å²) in [6, 6.07) is 12.5. The van der Waals surface area contributed by atoms with Crippen LogP contribution in [0.25, 0.3) is 28.4 Å². The van der Waals surface area contributed by atoms with Gasteiger partial charge in [-0.25, -0.2) is 4.79 Å². The average Bonchev–Trinajstić information content (AvgIpc) is 3.26. The Kier molecular flexibility index (Phi) is 13.8. The molecule has 7 rings (SSSR count). The van der Waals surface area contributed by atoms with Crippen molar-refractivity contribution >= 4 is 23.0 Å². The van der Waals surface area contributed by atoms with Crippen LogP contribution in [0.2, 0.25) is 0 Å². The second kappa shape index (κ2) is 19.0. The van der Waals surface area contributed by atoms with Crippen LogP contribution in [0.1, 0.15) is 25.0 Å². The number of ether oxygens (including phenoxy) is 7. The Morgan fingerprint density at radius 1 is 0.672 bits per heavy atom. The Morgan fingerprint density at radius 2 is 1.31 bits per heavy atom. The molecule has 11 N–H and O–H groups in total. The average molecular weight is 901 g/mol. The maximum atomic E-state index is 14.5. The Balaban J connectivity index is 1.26. The molecule has 0 spiro atoms. The minimum atomic E-state index is -2.05. The predicted molar refractivity (Wildman–Crippen MR) is 216 cm³/mol. The number of hydrogen-bond donors (Lipinski definition) is 11. The molecule has 3 aliphatic rings. The van der Waals surface area contributed by atoms with Crippen LogP contribution in [0.15, 0.2) is 69.9 Å². The van der Waals surface area contributed by atoms with Gasteiger partial charge in [0.05, 0.1) is 12.2 Å². The summed E-state index contributed by atoms with van der Waals surface area (Å²) in [5.74, 6) is -4.50. The van der Waals surface area contributed by atoms with E-state index in [2.05, 4.69) is 0 Å². The lowest BCUT2D eigenvalue weighted by molar-refractivity contribution is -0.354. The fraction of sp³-hybridized carbons (Fsp3) is 0.442. The van der Waals surface area contributed by atoms with E-state index in [9.17, 15) is 65.8 Å². The van der Waals surface area contributed by atoms with Gasteiger partial charge in [0.1, 0.15) is 84.0 Å². The molecule has 0 amide bonds. The Morgan fingerprint density at radius 3 is 1.97 bits per heavy atom. The predicted octanol–water partition coefficient (Wildman–Crippen LogP) is -0.614. The van der Waals surface area contributed by atoms with E-state index in [1.54, 1.807) is 12.1 Å². The molecule has 346 valence electrons. The molecule has 0 aliphatic carbocycles. The number of phenols is 3. The first-order valence-corrected chi connectivity index (χ1v) is 20.0. The summed E-state index contributed by atoms with van der Waals surface area (Å²) in [4.78, 5) is 27.3. The molecule has 3 aliphatic heterocycles. The van der Waals surface area contributed by atoms with E-state index in [4.69, 9.17) is 37.6 Å². The quantitative estimate of drug-likeness (QED) is 0.0508. The maximum absolute atomic E-state index is 14.5. The monoisotopic (exact) mass is 900 g/mol. The third-order valence-electron chi connectivity index (χ3n) is 11.1. The summed E-state index contributed by atoms with van der Waals surface area (Å²) in [5.41, 5.74) is -0.00414. The first-order chi connectivity index (χ1) is 30.3. The molecule has 3 aromatic carbocycles. The molecule has 21 nitrogen and oxygen atoms in total. The Bertz CT molecular complexity index is 2380. The van der Waals surface area contributed by atoms with Crippen LogP contribution in [-0.2, 0) is 28.5 Å². The molecule has 6 unspecified atom stereocenters. The van der Waals surface area contributed by atoms with Crippen LogP contribution >= 0.6 is 0 Å². The maximum Gasteiger partial charge on any atom is 0.330 e. The molecular weight excluding hydrogens is 852 g/mol. The zero-order valence-corrected chi connectivity index (χ0v) is 34.2. The van der Waals surface area contributed by atoms with Crippen LogP contribution in [0.5, 0.6) is 28.7 Å². The lowest BCUT2D eigenvalue weighted by atomic mass is 9.97. The number of aromatic hydroxyl groups is 3. The molecule has 0 radical (unpaired) electrons. The summed E-state index contributed by atoms with van der Waals surface area (Å²) < 4.78 is 46.1. The van der Waals surface area contributed by atoms with Gasteiger partial charge in [-0.2, -0.15) is 0 Å². The van der Waals surface area contributed by atoms with Crippen molar-refractivity contribution in [3.63, 3.8) is 0 Å². The van der Waals surface area contributed by atoms with E-state index in [0.717, 1.165) is 35.9 Å². The Hall–Kier alpha value is -5.40. The number of aliphatic hydroxyl groups is 8. The largest absolute Gasteiger partial charge is 0.507 e. The number of carbonyl (C=O) groups is 1. The zero-order chi connectivity index (χ0) is 46.3. The van der Waals surface area contributed by atoms with E-state index in [-0.39, 0.29) is 11.3 Å². The minimum Gasteiger partial charge on any atom is -0.507 e. The van der Waals surface area contributed by atoms with Crippen molar-refractivity contribution in [3.05, 3.63) is 82.0 Å². The molecule has 1 aromatic heterocycles. The molecule has 3 fully saturated rings. The van der Waals surface area contributed by atoms with Crippen molar-refractivity contribution in [1.29, 1.82) is 0 Å². The number of fused-ring (bicyclic) bond motifs is 1. The zero-order valence-electron chi connectivity index (χ0n) is 34.2. The molecule has 21 heteroatoms. The summed E-state index contributed by atoms with van der Waals surface area (Å²) >= 11 is 0. The highest BCUT2D eigenvalue weighted by Gasteiger charge is 2.52. The van der Waals surface area contributed by atoms with Crippen LogP contribution in [0.4, 0.5) is 0 Å². The molecule has 4 aromatic rings. The molecular formula is C43H48O21. The number of phenolic OH excluding ortho intramolecular Hbond substituents is 3. The summed E-state index contributed by atoms with van der Waals surface area (Å²) in [7, 11) is 0. The minimum absolute atomic E-state index is 0.135. The third-order valence-corrected chi connectivity index (χ3v) is 11.1. The molecule has 0 saturated carbocycles. The number of benzene rings is 3. The number of aliphatic hydroxyl groups excluding tert-OH is 8. The lowest BCUT2D eigenvalue weighted by Gasteiger charge is -2.45. The van der Waals surface area contributed by atoms with E-state index in [0.29, 0.717) is 5.56 Å². The summed E-state index contributed by atoms with van der Waals surface area (Å²) in [6.07, 6.45) is -22.7. The van der Waals surface area contributed by atoms with Gasteiger partial charge in [0.25, 0.3) is 0 Å². The highest BCUT2D eigenvalue weighted by molar-refractivity contribution is 5.89. The molecule has 3 saturated heterocycles. The van der Waals surface area contributed by atoms with Crippen molar-refractivity contribution < 1.29 is 98.5 Å². The number of esters is 1. The van der Waals surface area contributed by atoms with Crippen molar-refractivity contribution in [2.45, 2.75) is 113 Å². The number of carbonyl (C=O) groups excluding carboxylic acids is 1. The Labute approximate surface area is 362 Å². The normalized spacial score (nSPS) is 33.3. The van der Waals surface area contributed by atoms with Crippen molar-refractivity contribution in [3.8, 4) is 40.1 Å². The van der Waals surface area contributed by atoms with Gasteiger partial charge in [-0.3, -0.25) is 4.79 Å². The van der Waals surface area contributed by atoms with Crippen LogP contribution in [0.3, 0.4) is 0 Å². The topological polar surface area (TPSA) is 334 Å². The smallest absolute Gasteiger partial charge is 0.330 e. The SMILES string of the molecule is Cc1ccc(/C=C/C(=O)OCC2O[C@@H](Oc3c(-c4ccc(O)c(O)c4)oc4cc(O[C@@H]5OC(C)[C@H](O)[C@H](O)C5O)cc(O)c4c3=O)C(O[C@@H]3OC(C)[C@H](O)[C@H](O)C3O)[C@@H](O)[C@@H]2O)cc1. The van der Waals surface area contributed by atoms with Crippen LogP contribution < -0.4 is 14.9 Å². The van der Waals surface area contributed by atoms with Crippen molar-refractivity contribution in [2.75, 3.05) is 6.61 Å². The summed E-state index contributed by atoms with van der Waals surface area (Å²) in [6.45, 7) is 3.94. The molecule has 15 atom stereocenters. The fourth-order valence-electron chi connectivity index (χ4n) is 7.27. The lowest BCUT2D eigenvalue weighted by Crippen LogP contribution is -2.64. The molecule has 4 heterocycles. The van der Waals surface area contributed by atoms with E-state index >= 15 is 0 Å². The van der Waals surface area contributed by atoms with Crippen molar-refractivity contribution in [1.82, 2.24) is 0 Å². The van der Waals surface area contributed by atoms with Crippen LogP contribution in [-0.4, -0.2) is 161 Å². The van der Waals surface area contributed by atoms with Gasteiger partial charge < -0.3 is 93.7 Å². The van der Waals surface area contributed by atoms with Gasteiger partial charge in [-0.15, -0.1) is 0 Å². The van der Waals surface area contributed by atoms with Gasteiger partial charge in [0.15, 0.2) is 29.7 Å². The number of rotatable bonds is 11. The van der Waals surface area contributed by atoms with Gasteiger partial charge >= 0.3 is 5.97 Å². The van der Waals surface area contributed by atoms with E-state index in [1.165, 1.54) is 26.0 Å². The van der Waals surface area contributed by atoms with Gasteiger partial charge in [-0.1, -0.05) is 29.8 Å². The highest BCUT2D eigenvalue weighted by atomic mass is 16.8. The fourth-order valence-corrected chi connectivity index (χ4v) is 7.27. The van der Waals surface area contributed by atoms with Crippen LogP contribution in [0, 0.1) is 6.92 Å². The first-order valence-electron chi connectivity index (χ1n) is 20.0. The second-order valence-corrected chi connectivity index (χ2v) is 15.7. The van der Waals surface area contributed by atoms with E-state index in [1.807, 2.05) is 19.1 Å². The molecule has 64 heavy (non-hydrogen) atoms. The number of hydrogen-bond acceptors (Lipinski definition) is 21. The molecule has 0 bridgehead atoms. The highest BCUT2D eigenvalue weighted by Crippen LogP contribution is 2.41. The number of aryl methyl sites for hydroxylation is 1. The standard InChI is InChI=1S/C43H48O21/c1-16-4-6-19(7-5-16)8-11-27(47)57-15-26-31(50)35(54)40(64-42-37(56)34(53)30(49)18(3)59-42)43(62-26)63-39-32(51)28-24(46)13-21(60-41-36(55)33(52)29(48)17(2)58-41)14-25(28)61-38(39)20-9-10-22(44)23(45)12-20/h4-14,17-18,26,29-31,33-37,40-46,48-50,52-56H,15H2,1-3H3/b11-8+/t17?,18?,26?,29-,30-,31+,33-,34-,35-,36?,37?,40?,41-,42-,43-/m0/s1. The second-order valence-electron chi connectivity index (χ2n) is 15.7. The first kappa shape index (κ1) is 46.6. The van der Waals surface area contributed by atoms with Crippen molar-refractivity contribution in [2.24, 2.45) is 0 Å². The van der Waals surface area contributed by atoms with Gasteiger partial charge in [0.2, 0.25) is 23.8 Å². The summed E-state index contributed by atoms with van der Waals surface area (Å²) in [5, 5.41) is 117. The third kappa shape index (κ3) is 9.52. The van der Waals surface area contributed by atoms with E-state index < -0.39 is 150 Å².